The molecule has 0 aliphatic carbocycles. The maximum absolute atomic E-state index is 5.01. The van der Waals surface area contributed by atoms with Gasteiger partial charge in [-0.1, -0.05) is 28.9 Å². The molecular weight excluding hydrogens is 188 g/mol. The fourth-order valence-electron chi connectivity index (χ4n) is 1.54. The van der Waals surface area contributed by atoms with Gasteiger partial charge in [0.15, 0.2) is 0 Å². The predicted molar refractivity (Wildman–Crippen MR) is 61.0 cm³/mol. The van der Waals surface area contributed by atoms with E-state index in [1.165, 1.54) is 5.56 Å². The molecule has 0 amide bonds. The molecule has 1 aromatic heterocycles. The lowest BCUT2D eigenvalue weighted by Crippen LogP contribution is -2.08. The largest absolute Gasteiger partial charge is 0.373 e. The molecule has 2 aromatic rings. The number of aromatic nitrogens is 1. The van der Waals surface area contributed by atoms with Gasteiger partial charge in [0.2, 0.25) is 0 Å². The maximum atomic E-state index is 5.01. The Morgan fingerprint density at radius 1 is 1.27 bits per heavy atom. The Balaban J connectivity index is 2.49. The second-order valence-electron chi connectivity index (χ2n) is 3.81. The van der Waals surface area contributed by atoms with Gasteiger partial charge in [0.05, 0.1) is 0 Å². The van der Waals surface area contributed by atoms with E-state index in [0.29, 0.717) is 0 Å². The molecule has 15 heavy (non-hydrogen) atoms. The van der Waals surface area contributed by atoms with Gasteiger partial charge < -0.3 is 9.42 Å². The summed E-state index contributed by atoms with van der Waals surface area (Å²) in [6.45, 7) is 2.07. The Labute approximate surface area is 89.3 Å². The molecule has 0 saturated heterocycles. The van der Waals surface area contributed by atoms with Gasteiger partial charge in [0, 0.05) is 19.7 Å². The number of aryl methyl sites for hydroxylation is 1. The fourth-order valence-corrected chi connectivity index (χ4v) is 1.54. The molecule has 1 heterocycles. The zero-order valence-corrected chi connectivity index (χ0v) is 9.19. The van der Waals surface area contributed by atoms with Gasteiger partial charge >= 0.3 is 0 Å². The van der Waals surface area contributed by atoms with Crippen LogP contribution in [0.2, 0.25) is 0 Å². The fraction of sp³-hybridized carbons (Fsp3) is 0.250. The van der Waals surface area contributed by atoms with Gasteiger partial charge in [0.25, 0.3) is 0 Å². The number of anilines is 1. The van der Waals surface area contributed by atoms with Crippen LogP contribution in [0.4, 0.5) is 5.69 Å². The highest BCUT2D eigenvalue weighted by Crippen LogP contribution is 2.28. The van der Waals surface area contributed by atoms with E-state index in [-0.39, 0.29) is 0 Å². The van der Waals surface area contributed by atoms with Crippen LogP contribution in [-0.2, 0) is 0 Å². The van der Waals surface area contributed by atoms with E-state index in [4.69, 9.17) is 4.52 Å². The molecule has 3 heteroatoms. The number of hydrogen-bond donors (Lipinski definition) is 0. The van der Waals surface area contributed by atoms with E-state index in [9.17, 15) is 0 Å². The van der Waals surface area contributed by atoms with Crippen LogP contribution < -0.4 is 4.90 Å². The molecule has 0 unspecified atom stereocenters. The SMILES string of the molecule is Cc1cccc(-c2nocc2N(C)C)c1. The lowest BCUT2D eigenvalue weighted by molar-refractivity contribution is 0.422. The van der Waals surface area contributed by atoms with Gasteiger partial charge in [-0.2, -0.15) is 0 Å². The summed E-state index contributed by atoms with van der Waals surface area (Å²) < 4.78 is 5.01. The number of rotatable bonds is 2. The Kier molecular flexibility index (Phi) is 2.46. The third kappa shape index (κ3) is 1.86. The lowest BCUT2D eigenvalue weighted by Gasteiger charge is -2.10. The van der Waals surface area contributed by atoms with E-state index < -0.39 is 0 Å². The van der Waals surface area contributed by atoms with Gasteiger partial charge in [-0.3, -0.25) is 0 Å². The number of benzene rings is 1. The van der Waals surface area contributed by atoms with Crippen LogP contribution in [-0.4, -0.2) is 19.3 Å². The van der Waals surface area contributed by atoms with Crippen molar-refractivity contribution in [3.8, 4) is 11.3 Å². The van der Waals surface area contributed by atoms with E-state index >= 15 is 0 Å². The minimum atomic E-state index is 0.892. The average molecular weight is 202 g/mol. The molecule has 0 radical (unpaired) electrons. The molecule has 0 bridgehead atoms. The maximum Gasteiger partial charge on any atom is 0.147 e. The van der Waals surface area contributed by atoms with Crippen molar-refractivity contribution in [2.24, 2.45) is 0 Å². The molecular formula is C12H14N2O. The summed E-state index contributed by atoms with van der Waals surface area (Å²) in [7, 11) is 3.96. The highest BCUT2D eigenvalue weighted by molar-refractivity contribution is 5.73. The second-order valence-corrected chi connectivity index (χ2v) is 3.81. The van der Waals surface area contributed by atoms with Gasteiger partial charge in [-0.25, -0.2) is 0 Å². The standard InChI is InChI=1S/C12H14N2O/c1-9-5-4-6-10(7-9)12-11(14(2)3)8-15-13-12/h4-8H,1-3H3. The molecule has 1 aromatic carbocycles. The van der Waals surface area contributed by atoms with Crippen LogP contribution >= 0.6 is 0 Å². The summed E-state index contributed by atoms with van der Waals surface area (Å²) in [6, 6.07) is 8.24. The molecule has 78 valence electrons. The topological polar surface area (TPSA) is 29.3 Å². The molecule has 0 N–H and O–H groups in total. The predicted octanol–water partition coefficient (Wildman–Crippen LogP) is 2.72. The zero-order chi connectivity index (χ0) is 10.8. The highest BCUT2D eigenvalue weighted by Gasteiger charge is 2.11. The molecule has 2 rings (SSSR count). The van der Waals surface area contributed by atoms with E-state index in [1.807, 2.05) is 31.1 Å². The summed E-state index contributed by atoms with van der Waals surface area (Å²) in [6.07, 6.45) is 1.66. The van der Waals surface area contributed by atoms with Crippen molar-refractivity contribution >= 4 is 5.69 Å². The second kappa shape index (κ2) is 3.77. The first kappa shape index (κ1) is 9.77. The van der Waals surface area contributed by atoms with Crippen LogP contribution in [0.25, 0.3) is 11.3 Å². The first-order chi connectivity index (χ1) is 7.18. The molecule has 0 aliphatic heterocycles. The van der Waals surface area contributed by atoms with Gasteiger partial charge in [0.1, 0.15) is 17.6 Å². The molecule has 0 spiro atoms. The lowest BCUT2D eigenvalue weighted by atomic mass is 10.1. The van der Waals surface area contributed by atoms with Crippen molar-refractivity contribution in [3.05, 3.63) is 36.1 Å². The monoisotopic (exact) mass is 202 g/mol. The van der Waals surface area contributed by atoms with Crippen molar-refractivity contribution in [2.45, 2.75) is 6.92 Å². The normalized spacial score (nSPS) is 10.3. The summed E-state index contributed by atoms with van der Waals surface area (Å²) in [5.74, 6) is 0. The van der Waals surface area contributed by atoms with Crippen molar-refractivity contribution in [1.82, 2.24) is 5.16 Å². The van der Waals surface area contributed by atoms with Crippen molar-refractivity contribution in [3.63, 3.8) is 0 Å². The van der Waals surface area contributed by atoms with Crippen LogP contribution in [0.5, 0.6) is 0 Å². The third-order valence-electron chi connectivity index (χ3n) is 2.32. The van der Waals surface area contributed by atoms with E-state index in [0.717, 1.165) is 16.9 Å². The minimum absolute atomic E-state index is 0.892. The van der Waals surface area contributed by atoms with E-state index in [1.54, 1.807) is 6.26 Å². The van der Waals surface area contributed by atoms with E-state index in [2.05, 4.69) is 24.2 Å². The molecule has 3 nitrogen and oxygen atoms in total. The molecule has 0 saturated carbocycles. The van der Waals surface area contributed by atoms with Gasteiger partial charge in [-0.05, 0) is 13.0 Å². The summed E-state index contributed by atoms with van der Waals surface area (Å²) in [5, 5.41) is 4.03. The Morgan fingerprint density at radius 3 is 2.73 bits per heavy atom. The van der Waals surface area contributed by atoms with Crippen LogP contribution in [0, 0.1) is 6.92 Å². The summed E-state index contributed by atoms with van der Waals surface area (Å²) in [4.78, 5) is 1.99. The number of hydrogen-bond acceptors (Lipinski definition) is 3. The highest BCUT2D eigenvalue weighted by atomic mass is 16.5. The van der Waals surface area contributed by atoms with Crippen LogP contribution in [0.3, 0.4) is 0 Å². The first-order valence-corrected chi connectivity index (χ1v) is 4.87. The summed E-state index contributed by atoms with van der Waals surface area (Å²) >= 11 is 0. The number of nitrogens with zero attached hydrogens (tertiary/aromatic N) is 2. The average Bonchev–Trinajstić information content (AvgIpc) is 2.65. The van der Waals surface area contributed by atoms with Crippen molar-refractivity contribution < 1.29 is 4.52 Å². The Bertz CT molecular complexity index is 460. The Morgan fingerprint density at radius 2 is 2.07 bits per heavy atom. The minimum Gasteiger partial charge on any atom is -0.373 e. The molecule has 0 atom stereocenters. The van der Waals surface area contributed by atoms with Crippen LogP contribution in [0.15, 0.2) is 35.1 Å². The molecule has 0 fully saturated rings. The van der Waals surface area contributed by atoms with Crippen LogP contribution in [0.1, 0.15) is 5.56 Å². The zero-order valence-electron chi connectivity index (χ0n) is 9.19. The van der Waals surface area contributed by atoms with Gasteiger partial charge in [-0.15, -0.1) is 0 Å². The van der Waals surface area contributed by atoms with Crippen molar-refractivity contribution in [1.29, 1.82) is 0 Å². The third-order valence-corrected chi connectivity index (χ3v) is 2.32. The molecule has 0 aliphatic rings. The summed E-state index contributed by atoms with van der Waals surface area (Å²) in [5.41, 5.74) is 4.21. The smallest absolute Gasteiger partial charge is 0.147 e. The first-order valence-electron chi connectivity index (χ1n) is 4.87. The van der Waals surface area contributed by atoms with Crippen molar-refractivity contribution in [2.75, 3.05) is 19.0 Å². The quantitative estimate of drug-likeness (QED) is 0.749. The Hall–Kier alpha value is -1.77.